The minimum atomic E-state index is -0.248. The Bertz CT molecular complexity index is 1620. The van der Waals surface area contributed by atoms with Crippen molar-refractivity contribution in [2.45, 2.75) is 64.7 Å². The Labute approximate surface area is 275 Å². The molecule has 3 aromatic carbocycles. The Morgan fingerprint density at radius 3 is 2.36 bits per heavy atom. The average Bonchev–Trinajstić information content (AvgIpc) is 3.86. The quantitative estimate of drug-likeness (QED) is 0.251. The summed E-state index contributed by atoms with van der Waals surface area (Å²) in [6.45, 7) is 7.91. The summed E-state index contributed by atoms with van der Waals surface area (Å²) in [4.78, 5) is 30.7. The predicted molar refractivity (Wildman–Crippen MR) is 178 cm³/mol. The van der Waals surface area contributed by atoms with Crippen molar-refractivity contribution in [2.24, 2.45) is 0 Å². The molecular weight excluding hydrogens is 609 g/mol. The largest absolute Gasteiger partial charge is 0.490 e. The van der Waals surface area contributed by atoms with Crippen LogP contribution in [0.2, 0.25) is 10.0 Å². The minimum absolute atomic E-state index is 0.0104. The third-order valence-electron chi connectivity index (χ3n) is 8.99. The number of carbonyl (C=O) groups is 2. The normalized spacial score (nSPS) is 19.4. The zero-order valence-electron chi connectivity index (χ0n) is 25.9. The first-order valence-corrected chi connectivity index (χ1v) is 16.3. The maximum atomic E-state index is 14.5. The van der Waals surface area contributed by atoms with E-state index in [1.165, 1.54) is 0 Å². The lowest BCUT2D eigenvalue weighted by Gasteiger charge is -2.44. The number of nitrogens with zero attached hydrogens (tertiary/aromatic N) is 2. The van der Waals surface area contributed by atoms with Gasteiger partial charge in [-0.05, 0) is 91.3 Å². The second-order valence-corrected chi connectivity index (χ2v) is 13.1. The van der Waals surface area contributed by atoms with Gasteiger partial charge in [0.2, 0.25) is 5.91 Å². The average molecular weight is 649 g/mol. The zero-order chi connectivity index (χ0) is 31.7. The molecule has 2 heterocycles. The fourth-order valence-electron chi connectivity index (χ4n) is 6.27. The lowest BCUT2D eigenvalue weighted by molar-refractivity contribution is -0.132. The van der Waals surface area contributed by atoms with E-state index in [0.29, 0.717) is 55.1 Å². The van der Waals surface area contributed by atoms with E-state index in [2.05, 4.69) is 5.32 Å². The number of rotatable bonds is 10. The van der Waals surface area contributed by atoms with Gasteiger partial charge in [0.1, 0.15) is 24.7 Å². The van der Waals surface area contributed by atoms with Crippen LogP contribution in [0.4, 0.5) is 0 Å². The molecular formula is C36H39Cl2N3O4. The molecule has 1 aliphatic carbocycles. The molecule has 1 N–H and O–H groups in total. The van der Waals surface area contributed by atoms with E-state index < -0.39 is 0 Å². The van der Waals surface area contributed by atoms with E-state index in [0.717, 1.165) is 52.0 Å². The summed E-state index contributed by atoms with van der Waals surface area (Å²) >= 11 is 12.9. The van der Waals surface area contributed by atoms with Gasteiger partial charge >= 0.3 is 0 Å². The second-order valence-electron chi connectivity index (χ2n) is 12.3. The van der Waals surface area contributed by atoms with E-state index in [-0.39, 0.29) is 29.9 Å². The van der Waals surface area contributed by atoms with Gasteiger partial charge in [0.05, 0.1) is 11.1 Å². The highest BCUT2D eigenvalue weighted by Crippen LogP contribution is 2.38. The summed E-state index contributed by atoms with van der Waals surface area (Å²) in [7, 11) is 0. The molecule has 45 heavy (non-hydrogen) atoms. The van der Waals surface area contributed by atoms with Crippen LogP contribution in [0, 0.1) is 13.8 Å². The van der Waals surface area contributed by atoms with Crippen LogP contribution in [0.25, 0.3) is 5.57 Å². The summed E-state index contributed by atoms with van der Waals surface area (Å²) in [5, 5.41) is 4.90. The van der Waals surface area contributed by atoms with Crippen LogP contribution >= 0.6 is 23.2 Å². The van der Waals surface area contributed by atoms with Crippen LogP contribution in [0.3, 0.4) is 0 Å². The molecule has 2 fully saturated rings. The van der Waals surface area contributed by atoms with Gasteiger partial charge in [0, 0.05) is 49.2 Å². The van der Waals surface area contributed by atoms with Gasteiger partial charge < -0.3 is 24.6 Å². The van der Waals surface area contributed by atoms with Crippen LogP contribution in [-0.4, -0.2) is 66.0 Å². The van der Waals surface area contributed by atoms with Crippen molar-refractivity contribution in [3.63, 3.8) is 0 Å². The van der Waals surface area contributed by atoms with Crippen LogP contribution in [0.15, 0.2) is 66.2 Å². The topological polar surface area (TPSA) is 71.1 Å². The highest BCUT2D eigenvalue weighted by molar-refractivity contribution is 6.32. The van der Waals surface area contributed by atoms with Gasteiger partial charge in [-0.25, -0.2) is 0 Å². The molecule has 7 nitrogen and oxygen atoms in total. The summed E-state index contributed by atoms with van der Waals surface area (Å²) in [6, 6.07) is 19.5. The smallest absolute Gasteiger partial charge is 0.252 e. The van der Waals surface area contributed by atoms with Crippen LogP contribution in [-0.2, 0) is 16.1 Å². The second kappa shape index (κ2) is 13.5. The molecule has 0 spiro atoms. The maximum absolute atomic E-state index is 14.5. The van der Waals surface area contributed by atoms with Crippen molar-refractivity contribution in [1.29, 1.82) is 0 Å². The molecule has 0 aromatic heterocycles. The van der Waals surface area contributed by atoms with E-state index >= 15 is 0 Å². The van der Waals surface area contributed by atoms with E-state index in [1.807, 2.05) is 84.3 Å². The fraction of sp³-hybridized carbons (Fsp3) is 0.389. The summed E-state index contributed by atoms with van der Waals surface area (Å²) in [5.41, 5.74) is 5.94. The highest BCUT2D eigenvalue weighted by Gasteiger charge is 2.43. The summed E-state index contributed by atoms with van der Waals surface area (Å²) in [5.74, 6) is 1.41. The number of ether oxygens (including phenoxy) is 2. The number of benzene rings is 3. The number of carbonyl (C=O) groups excluding carboxylic acids is 2. The molecule has 3 aliphatic rings. The number of aryl methyl sites for hydroxylation is 2. The molecule has 3 aromatic rings. The first kappa shape index (κ1) is 31.5. The summed E-state index contributed by atoms with van der Waals surface area (Å²) in [6.07, 6.45) is 2.60. The molecule has 2 bridgehead atoms. The monoisotopic (exact) mass is 647 g/mol. The molecule has 0 unspecified atom stereocenters. The lowest BCUT2D eigenvalue weighted by Crippen LogP contribution is -2.61. The van der Waals surface area contributed by atoms with Crippen LogP contribution < -0.4 is 14.8 Å². The van der Waals surface area contributed by atoms with E-state index in [4.69, 9.17) is 32.7 Å². The number of hydrogen-bond acceptors (Lipinski definition) is 5. The third kappa shape index (κ3) is 7.16. The molecule has 1 saturated carbocycles. The van der Waals surface area contributed by atoms with E-state index in [9.17, 15) is 9.59 Å². The first-order valence-electron chi connectivity index (χ1n) is 15.6. The van der Waals surface area contributed by atoms with Gasteiger partial charge in [-0.15, -0.1) is 0 Å². The van der Waals surface area contributed by atoms with Crippen molar-refractivity contribution in [1.82, 2.24) is 15.1 Å². The van der Waals surface area contributed by atoms with Crippen LogP contribution in [0.1, 0.15) is 48.4 Å². The number of nitrogens with one attached hydrogen (secondary N) is 1. The Kier molecular flexibility index (Phi) is 9.41. The number of amides is 2. The van der Waals surface area contributed by atoms with E-state index in [1.54, 1.807) is 6.92 Å². The highest BCUT2D eigenvalue weighted by atomic mass is 35.5. The Morgan fingerprint density at radius 1 is 0.933 bits per heavy atom. The molecule has 9 heteroatoms. The minimum Gasteiger partial charge on any atom is -0.490 e. The molecule has 0 radical (unpaired) electrons. The lowest BCUT2D eigenvalue weighted by atomic mass is 9.82. The molecule has 2 amide bonds. The summed E-state index contributed by atoms with van der Waals surface area (Å²) < 4.78 is 11.8. The first-order chi connectivity index (χ1) is 21.7. The molecule has 1 saturated heterocycles. The van der Waals surface area contributed by atoms with Crippen molar-refractivity contribution in [2.75, 3.05) is 26.3 Å². The van der Waals surface area contributed by atoms with Crippen molar-refractivity contribution in [3.05, 3.63) is 98.5 Å². The van der Waals surface area contributed by atoms with Crippen molar-refractivity contribution < 1.29 is 19.1 Å². The standard InChI is InChI=1S/C36H39Cl2N3O4/c1-22-16-32(38)34(17-23(22)2)45-15-14-44-29-12-8-25(9-13-29)30-18-27-20-40(24(3)42)21-33(39-27)35(30)36(43)41(28-10-11-28)19-26-6-4-5-7-31(26)37/h4-9,12-13,16-17,27-28,33,39H,10-11,14-15,18-21H2,1-3H3/t27-,33-/m1/s1. The van der Waals surface area contributed by atoms with Gasteiger partial charge in [-0.3, -0.25) is 9.59 Å². The molecule has 236 valence electrons. The zero-order valence-corrected chi connectivity index (χ0v) is 27.5. The number of piperazine rings is 1. The molecule has 2 aliphatic heterocycles. The van der Waals surface area contributed by atoms with Gasteiger partial charge in [-0.2, -0.15) is 0 Å². The Morgan fingerprint density at radius 2 is 1.64 bits per heavy atom. The maximum Gasteiger partial charge on any atom is 0.252 e. The Hall–Kier alpha value is -3.52. The Balaban J connectivity index is 1.22. The van der Waals surface area contributed by atoms with Gasteiger partial charge in [0.15, 0.2) is 0 Å². The predicted octanol–water partition coefficient (Wildman–Crippen LogP) is 6.61. The van der Waals surface area contributed by atoms with Gasteiger partial charge in [0.25, 0.3) is 5.91 Å². The number of fused-ring (bicyclic) bond motifs is 2. The number of hydrogen-bond donors (Lipinski definition) is 1. The molecule has 6 rings (SSSR count). The third-order valence-corrected chi connectivity index (χ3v) is 9.65. The van der Waals surface area contributed by atoms with Gasteiger partial charge in [-0.1, -0.05) is 53.5 Å². The fourth-order valence-corrected chi connectivity index (χ4v) is 6.74. The van der Waals surface area contributed by atoms with Crippen molar-refractivity contribution >= 4 is 40.6 Å². The number of halogens is 2. The molecule has 2 atom stereocenters. The van der Waals surface area contributed by atoms with Crippen molar-refractivity contribution in [3.8, 4) is 11.5 Å². The SMILES string of the molecule is CC(=O)N1C[C@H]2CC(c3ccc(OCCOc4cc(C)c(C)cc4Cl)cc3)=C(C(=O)N(Cc3ccccc3Cl)C3CC3)[C@@H](C1)N2. The van der Waals surface area contributed by atoms with Crippen LogP contribution in [0.5, 0.6) is 11.5 Å².